The molecule has 0 spiro atoms. The molecule has 1 fully saturated rings. The van der Waals surface area contributed by atoms with Crippen LogP contribution in [0.1, 0.15) is 38.7 Å². The summed E-state index contributed by atoms with van der Waals surface area (Å²) in [5, 5.41) is 7.75. The smallest absolute Gasteiger partial charge is 0.259 e. The van der Waals surface area contributed by atoms with Crippen molar-refractivity contribution in [2.24, 2.45) is 0 Å². The zero-order valence-corrected chi connectivity index (χ0v) is 20.7. The summed E-state index contributed by atoms with van der Waals surface area (Å²) in [4.78, 5) is 22.8. The first-order valence-electron chi connectivity index (χ1n) is 12.0. The van der Waals surface area contributed by atoms with Crippen molar-refractivity contribution < 1.29 is 13.7 Å². The third kappa shape index (κ3) is 4.99. The molecular formula is C27H31N5O3. The second-order valence-corrected chi connectivity index (χ2v) is 9.41. The highest BCUT2D eigenvalue weighted by Gasteiger charge is 2.21. The number of aryl methyl sites for hydroxylation is 3. The fraction of sp³-hybridized carbons (Fsp3) is 0.370. The van der Waals surface area contributed by atoms with Crippen LogP contribution >= 0.6 is 0 Å². The van der Waals surface area contributed by atoms with Crippen molar-refractivity contribution in [3.05, 3.63) is 70.3 Å². The molecule has 0 unspecified atom stereocenters. The molecular weight excluding hydrogens is 442 g/mol. The number of fused-ring (bicyclic) bond motifs is 1. The van der Waals surface area contributed by atoms with Gasteiger partial charge >= 0.3 is 0 Å². The molecule has 1 N–H and O–H groups in total. The second kappa shape index (κ2) is 9.64. The molecule has 8 heteroatoms. The molecule has 4 heterocycles. The number of amides is 1. The van der Waals surface area contributed by atoms with E-state index >= 15 is 0 Å². The predicted octanol–water partition coefficient (Wildman–Crippen LogP) is 4.09. The van der Waals surface area contributed by atoms with Gasteiger partial charge in [-0.05, 0) is 51.1 Å². The van der Waals surface area contributed by atoms with Gasteiger partial charge in [-0.1, -0.05) is 29.4 Å². The Kier molecular flexibility index (Phi) is 6.40. The van der Waals surface area contributed by atoms with Crippen LogP contribution < -0.4 is 5.32 Å². The molecule has 0 atom stereocenters. The highest BCUT2D eigenvalue weighted by Crippen LogP contribution is 2.30. The summed E-state index contributed by atoms with van der Waals surface area (Å²) in [5.41, 5.74) is 5.27. The maximum atomic E-state index is 13.3. The van der Waals surface area contributed by atoms with E-state index in [1.807, 2.05) is 32.9 Å². The van der Waals surface area contributed by atoms with Gasteiger partial charge < -0.3 is 19.2 Å². The predicted molar refractivity (Wildman–Crippen MR) is 134 cm³/mol. The van der Waals surface area contributed by atoms with E-state index in [1.54, 1.807) is 6.07 Å². The van der Waals surface area contributed by atoms with E-state index < -0.39 is 0 Å². The van der Waals surface area contributed by atoms with Crippen molar-refractivity contribution >= 4 is 17.0 Å². The number of nitrogens with zero attached hydrogens (tertiary/aromatic N) is 4. The maximum Gasteiger partial charge on any atom is 0.259 e. The fourth-order valence-corrected chi connectivity index (χ4v) is 4.68. The van der Waals surface area contributed by atoms with Crippen LogP contribution in [0.15, 0.2) is 45.3 Å². The van der Waals surface area contributed by atoms with Gasteiger partial charge in [-0.3, -0.25) is 9.69 Å². The van der Waals surface area contributed by atoms with E-state index in [1.165, 1.54) is 5.56 Å². The Morgan fingerprint density at radius 3 is 2.57 bits per heavy atom. The number of furan rings is 1. The molecule has 1 saturated heterocycles. The third-order valence-corrected chi connectivity index (χ3v) is 6.63. The number of rotatable bonds is 6. The molecule has 5 rings (SSSR count). The summed E-state index contributed by atoms with van der Waals surface area (Å²) in [5.74, 6) is 1.34. The van der Waals surface area contributed by atoms with Gasteiger partial charge in [0.05, 0.1) is 22.3 Å². The molecule has 0 radical (unpaired) electrons. The van der Waals surface area contributed by atoms with E-state index in [4.69, 9.17) is 8.94 Å². The third-order valence-electron chi connectivity index (χ3n) is 6.63. The molecule has 1 amide bonds. The first-order chi connectivity index (χ1) is 16.9. The Balaban J connectivity index is 1.35. The second-order valence-electron chi connectivity index (χ2n) is 9.41. The van der Waals surface area contributed by atoms with Crippen LogP contribution in [0.5, 0.6) is 0 Å². The van der Waals surface area contributed by atoms with E-state index in [2.05, 4.69) is 50.5 Å². The number of piperazine rings is 1. The first kappa shape index (κ1) is 23.3. The van der Waals surface area contributed by atoms with Crippen LogP contribution in [0.25, 0.3) is 22.4 Å². The average molecular weight is 474 g/mol. The highest BCUT2D eigenvalue weighted by molar-refractivity contribution is 6.07. The Bertz CT molecular complexity index is 1360. The molecule has 0 saturated carbocycles. The maximum absolute atomic E-state index is 13.3. The Morgan fingerprint density at radius 2 is 1.83 bits per heavy atom. The molecule has 35 heavy (non-hydrogen) atoms. The standard InChI is InChI=1S/C27H31N5O3/c1-17-12-22(19(3)34-17)24-14-23(25-18(2)30-35-27(25)29-24)26(33)28-15-20-6-5-7-21(13-20)16-32-10-8-31(4)9-11-32/h5-7,12-14H,8-11,15-16H2,1-4H3,(H,28,33). The number of pyridine rings is 1. The molecule has 1 aromatic carbocycles. The lowest BCUT2D eigenvalue weighted by molar-refractivity contribution is 0.0952. The average Bonchev–Trinajstić information content (AvgIpc) is 3.39. The van der Waals surface area contributed by atoms with Gasteiger partial charge in [0.1, 0.15) is 11.5 Å². The van der Waals surface area contributed by atoms with E-state index in [0.29, 0.717) is 34.6 Å². The van der Waals surface area contributed by atoms with Crippen molar-refractivity contribution in [1.82, 2.24) is 25.3 Å². The number of likely N-dealkylation sites (N-methyl/N-ethyl adjacent to an activating group) is 1. The van der Waals surface area contributed by atoms with Gasteiger partial charge in [0.25, 0.3) is 11.6 Å². The lowest BCUT2D eigenvalue weighted by Crippen LogP contribution is -2.43. The molecule has 1 aliphatic heterocycles. The van der Waals surface area contributed by atoms with E-state index in [-0.39, 0.29) is 5.91 Å². The van der Waals surface area contributed by atoms with Crippen molar-refractivity contribution in [1.29, 1.82) is 0 Å². The summed E-state index contributed by atoms with van der Waals surface area (Å²) in [6.45, 7) is 11.3. The van der Waals surface area contributed by atoms with E-state index in [9.17, 15) is 4.79 Å². The molecule has 3 aromatic heterocycles. The number of hydrogen-bond acceptors (Lipinski definition) is 7. The van der Waals surface area contributed by atoms with Gasteiger partial charge in [-0.2, -0.15) is 0 Å². The molecule has 0 aliphatic carbocycles. The minimum Gasteiger partial charge on any atom is -0.466 e. The number of nitrogens with one attached hydrogen (secondary N) is 1. The van der Waals surface area contributed by atoms with Crippen molar-refractivity contribution in [3.8, 4) is 11.3 Å². The lowest BCUT2D eigenvalue weighted by atomic mass is 10.0. The van der Waals surface area contributed by atoms with Gasteiger partial charge in [0, 0.05) is 44.8 Å². The van der Waals surface area contributed by atoms with Crippen molar-refractivity contribution in [2.45, 2.75) is 33.9 Å². The van der Waals surface area contributed by atoms with Crippen molar-refractivity contribution in [2.75, 3.05) is 33.2 Å². The summed E-state index contributed by atoms with van der Waals surface area (Å²) < 4.78 is 11.1. The number of aromatic nitrogens is 2. The minimum absolute atomic E-state index is 0.188. The van der Waals surface area contributed by atoms with Crippen molar-refractivity contribution in [3.63, 3.8) is 0 Å². The molecule has 182 valence electrons. The lowest BCUT2D eigenvalue weighted by Gasteiger charge is -2.32. The Hall–Kier alpha value is -3.49. The first-order valence-corrected chi connectivity index (χ1v) is 12.0. The van der Waals surface area contributed by atoms with Crippen LogP contribution in [-0.2, 0) is 13.1 Å². The normalized spacial score (nSPS) is 15.1. The molecule has 8 nitrogen and oxygen atoms in total. The largest absolute Gasteiger partial charge is 0.466 e. The van der Waals surface area contributed by atoms with Gasteiger partial charge in [0.2, 0.25) is 0 Å². The SMILES string of the molecule is Cc1cc(-c2cc(C(=O)NCc3cccc(CN4CCN(C)CC4)c3)c3c(C)noc3n2)c(C)o1. The topological polar surface area (TPSA) is 87.6 Å². The molecule has 4 aromatic rings. The summed E-state index contributed by atoms with van der Waals surface area (Å²) in [7, 11) is 2.17. The molecule has 1 aliphatic rings. The Labute approximate surface area is 204 Å². The highest BCUT2D eigenvalue weighted by atomic mass is 16.5. The minimum atomic E-state index is -0.188. The van der Waals surface area contributed by atoms with Crippen LogP contribution in [0.2, 0.25) is 0 Å². The van der Waals surface area contributed by atoms with Gasteiger partial charge in [-0.25, -0.2) is 4.98 Å². The number of carbonyl (C=O) groups is 1. The summed E-state index contributed by atoms with van der Waals surface area (Å²) >= 11 is 0. The zero-order chi connectivity index (χ0) is 24.5. The number of benzene rings is 1. The summed E-state index contributed by atoms with van der Waals surface area (Å²) in [6, 6.07) is 12.1. The van der Waals surface area contributed by atoms with Crippen LogP contribution in [-0.4, -0.2) is 59.1 Å². The zero-order valence-electron chi connectivity index (χ0n) is 20.7. The van der Waals surface area contributed by atoms with Crippen LogP contribution in [0.3, 0.4) is 0 Å². The van der Waals surface area contributed by atoms with E-state index in [0.717, 1.165) is 55.4 Å². The van der Waals surface area contributed by atoms with Gasteiger partial charge in [-0.15, -0.1) is 0 Å². The van der Waals surface area contributed by atoms with Gasteiger partial charge in [0.15, 0.2) is 0 Å². The Morgan fingerprint density at radius 1 is 1.06 bits per heavy atom. The number of hydrogen-bond donors (Lipinski definition) is 1. The monoisotopic (exact) mass is 473 g/mol. The summed E-state index contributed by atoms with van der Waals surface area (Å²) in [6.07, 6.45) is 0. The molecule has 0 bridgehead atoms. The van der Waals surface area contributed by atoms with Crippen LogP contribution in [0.4, 0.5) is 0 Å². The number of carbonyl (C=O) groups excluding carboxylic acids is 1. The van der Waals surface area contributed by atoms with Crippen LogP contribution in [0, 0.1) is 20.8 Å². The quantitative estimate of drug-likeness (QED) is 0.451. The fourth-order valence-electron chi connectivity index (χ4n) is 4.68.